The monoisotopic (exact) mass is 382 g/mol. The van der Waals surface area contributed by atoms with Gasteiger partial charge in [-0.15, -0.1) is 0 Å². The number of hydrogen-bond acceptors (Lipinski definition) is 6. The average molecular weight is 382 g/mol. The van der Waals surface area contributed by atoms with Crippen LogP contribution in [-0.2, 0) is 0 Å². The summed E-state index contributed by atoms with van der Waals surface area (Å²) >= 11 is 2.27. The Kier molecular flexibility index (Phi) is 3.86. The average Bonchev–Trinajstić information content (AvgIpc) is 2.91. The molecule has 1 aromatic heterocycles. The number of anilines is 4. The summed E-state index contributed by atoms with van der Waals surface area (Å²) in [6.07, 6.45) is 2.34. The third-order valence-electron chi connectivity index (χ3n) is 3.11. The van der Waals surface area contributed by atoms with Crippen molar-refractivity contribution in [3.05, 3.63) is 27.8 Å². The van der Waals surface area contributed by atoms with Gasteiger partial charge in [0.25, 0.3) is 0 Å². The Bertz CT molecular complexity index is 612. The Morgan fingerprint density at radius 3 is 2.70 bits per heavy atom. The van der Waals surface area contributed by atoms with Crippen LogP contribution in [0.1, 0.15) is 12.8 Å². The lowest BCUT2D eigenvalue weighted by Crippen LogP contribution is -2.21. The Hall–Kier alpha value is -1.64. The summed E-state index contributed by atoms with van der Waals surface area (Å²) in [6.45, 7) is 1.96. The van der Waals surface area contributed by atoms with Crippen molar-refractivity contribution in [1.82, 2.24) is 15.0 Å². The lowest BCUT2D eigenvalue weighted by atomic mass is 10.3. The quantitative estimate of drug-likeness (QED) is 0.794. The molecule has 0 radical (unpaired) electrons. The van der Waals surface area contributed by atoms with E-state index in [2.05, 4.69) is 47.8 Å². The van der Waals surface area contributed by atoms with Crippen molar-refractivity contribution in [1.29, 1.82) is 0 Å². The molecule has 3 rings (SSSR count). The highest BCUT2D eigenvalue weighted by atomic mass is 127. The first-order valence-electron chi connectivity index (χ1n) is 6.50. The molecule has 0 bridgehead atoms. The van der Waals surface area contributed by atoms with Gasteiger partial charge in [0, 0.05) is 22.3 Å². The molecule has 0 aliphatic carbocycles. The molecular formula is C13H15IN6. The van der Waals surface area contributed by atoms with Gasteiger partial charge in [0.15, 0.2) is 0 Å². The second kappa shape index (κ2) is 5.78. The van der Waals surface area contributed by atoms with Crippen LogP contribution in [0.2, 0.25) is 0 Å². The molecule has 2 aromatic rings. The number of nitrogens with one attached hydrogen (secondary N) is 1. The Labute approximate surface area is 131 Å². The Balaban J connectivity index is 1.85. The minimum absolute atomic E-state index is 0.245. The molecule has 1 aliphatic rings. The molecule has 0 atom stereocenters. The van der Waals surface area contributed by atoms with Gasteiger partial charge in [-0.1, -0.05) is 6.07 Å². The number of rotatable bonds is 3. The highest BCUT2D eigenvalue weighted by molar-refractivity contribution is 14.1. The van der Waals surface area contributed by atoms with E-state index in [-0.39, 0.29) is 5.95 Å². The van der Waals surface area contributed by atoms with Crippen LogP contribution < -0.4 is 16.0 Å². The molecule has 6 nitrogen and oxygen atoms in total. The number of hydrogen-bond donors (Lipinski definition) is 2. The number of nitrogens with zero attached hydrogens (tertiary/aromatic N) is 4. The van der Waals surface area contributed by atoms with E-state index in [0.29, 0.717) is 11.9 Å². The summed E-state index contributed by atoms with van der Waals surface area (Å²) in [6, 6.07) is 8.01. The maximum absolute atomic E-state index is 5.78. The van der Waals surface area contributed by atoms with Gasteiger partial charge in [-0.25, -0.2) is 0 Å². The summed E-state index contributed by atoms with van der Waals surface area (Å²) in [5.74, 6) is 1.39. The smallest absolute Gasteiger partial charge is 0.233 e. The fraction of sp³-hybridized carbons (Fsp3) is 0.308. The molecule has 1 aromatic carbocycles. The molecule has 1 aliphatic heterocycles. The molecule has 104 valence electrons. The predicted molar refractivity (Wildman–Crippen MR) is 88.1 cm³/mol. The topological polar surface area (TPSA) is 80.0 Å². The van der Waals surface area contributed by atoms with E-state index < -0.39 is 0 Å². The fourth-order valence-electron chi connectivity index (χ4n) is 2.19. The zero-order valence-corrected chi connectivity index (χ0v) is 13.0. The fourth-order valence-corrected chi connectivity index (χ4v) is 2.73. The molecule has 20 heavy (non-hydrogen) atoms. The molecule has 7 heteroatoms. The van der Waals surface area contributed by atoms with Crippen LogP contribution in [0.15, 0.2) is 24.3 Å². The number of benzene rings is 1. The summed E-state index contributed by atoms with van der Waals surface area (Å²) in [5, 5.41) is 3.18. The normalized spacial score (nSPS) is 14.6. The van der Waals surface area contributed by atoms with Crippen molar-refractivity contribution in [2.45, 2.75) is 12.8 Å². The zero-order valence-electron chi connectivity index (χ0n) is 10.9. The molecule has 3 N–H and O–H groups in total. The Morgan fingerprint density at radius 2 is 1.95 bits per heavy atom. The number of halogens is 1. The van der Waals surface area contributed by atoms with Crippen LogP contribution in [-0.4, -0.2) is 28.0 Å². The largest absolute Gasteiger partial charge is 0.368 e. The third-order valence-corrected chi connectivity index (χ3v) is 3.78. The standard InChI is InChI=1S/C13H15IN6/c14-9-4-3-5-10(8-9)16-12-17-11(15)18-13(19-12)20-6-1-2-7-20/h3-5,8H,1-2,6-7H2,(H3,15,16,17,18,19). The van der Waals surface area contributed by atoms with E-state index in [1.165, 1.54) is 12.8 Å². The molecule has 0 saturated carbocycles. The highest BCUT2D eigenvalue weighted by Crippen LogP contribution is 2.20. The molecular weight excluding hydrogens is 367 g/mol. The van der Waals surface area contributed by atoms with Crippen molar-refractivity contribution >= 4 is 46.1 Å². The number of nitrogen functional groups attached to an aromatic ring is 1. The van der Waals surface area contributed by atoms with Crippen molar-refractivity contribution in [2.75, 3.05) is 29.0 Å². The number of nitrogens with two attached hydrogens (primary N) is 1. The molecule has 2 heterocycles. The van der Waals surface area contributed by atoms with E-state index in [1.54, 1.807) is 0 Å². The van der Waals surface area contributed by atoms with E-state index in [0.717, 1.165) is 22.3 Å². The summed E-state index contributed by atoms with van der Waals surface area (Å²) < 4.78 is 1.15. The van der Waals surface area contributed by atoms with Gasteiger partial charge < -0.3 is 16.0 Å². The van der Waals surface area contributed by atoms with Crippen LogP contribution in [0.5, 0.6) is 0 Å². The summed E-state index contributed by atoms with van der Waals surface area (Å²) in [4.78, 5) is 14.9. The van der Waals surface area contributed by atoms with Gasteiger partial charge in [-0.3, -0.25) is 0 Å². The first-order valence-corrected chi connectivity index (χ1v) is 7.58. The van der Waals surface area contributed by atoms with Gasteiger partial charge in [0.05, 0.1) is 0 Å². The minimum Gasteiger partial charge on any atom is -0.368 e. The van der Waals surface area contributed by atoms with Crippen LogP contribution in [0.3, 0.4) is 0 Å². The molecule has 1 fully saturated rings. The zero-order chi connectivity index (χ0) is 13.9. The predicted octanol–water partition coefficient (Wildman–Crippen LogP) is 2.40. The van der Waals surface area contributed by atoms with E-state index >= 15 is 0 Å². The summed E-state index contributed by atoms with van der Waals surface area (Å²) in [7, 11) is 0. The van der Waals surface area contributed by atoms with Crippen LogP contribution in [0.4, 0.5) is 23.5 Å². The lowest BCUT2D eigenvalue weighted by Gasteiger charge is -2.16. The van der Waals surface area contributed by atoms with Gasteiger partial charge in [-0.05, 0) is 53.6 Å². The molecule has 0 spiro atoms. The highest BCUT2D eigenvalue weighted by Gasteiger charge is 2.16. The Morgan fingerprint density at radius 1 is 1.15 bits per heavy atom. The van der Waals surface area contributed by atoms with Gasteiger partial charge in [0.2, 0.25) is 17.8 Å². The van der Waals surface area contributed by atoms with E-state index in [9.17, 15) is 0 Å². The number of aromatic nitrogens is 3. The maximum atomic E-state index is 5.78. The van der Waals surface area contributed by atoms with Crippen LogP contribution in [0.25, 0.3) is 0 Å². The second-order valence-electron chi connectivity index (χ2n) is 4.65. The molecule has 0 amide bonds. The SMILES string of the molecule is Nc1nc(Nc2cccc(I)c2)nc(N2CCCC2)n1. The first-order chi connectivity index (χ1) is 9.70. The van der Waals surface area contributed by atoms with Crippen molar-refractivity contribution in [3.8, 4) is 0 Å². The minimum atomic E-state index is 0.245. The van der Waals surface area contributed by atoms with Gasteiger partial charge in [0.1, 0.15) is 0 Å². The van der Waals surface area contributed by atoms with Crippen LogP contribution >= 0.6 is 22.6 Å². The van der Waals surface area contributed by atoms with Crippen molar-refractivity contribution in [2.24, 2.45) is 0 Å². The lowest BCUT2D eigenvalue weighted by molar-refractivity contribution is 0.887. The first kappa shape index (κ1) is 13.3. The second-order valence-corrected chi connectivity index (χ2v) is 5.89. The van der Waals surface area contributed by atoms with Gasteiger partial charge >= 0.3 is 0 Å². The van der Waals surface area contributed by atoms with E-state index in [4.69, 9.17) is 5.73 Å². The maximum Gasteiger partial charge on any atom is 0.233 e. The third kappa shape index (κ3) is 3.09. The summed E-state index contributed by atoms with van der Waals surface area (Å²) in [5.41, 5.74) is 6.72. The van der Waals surface area contributed by atoms with Crippen LogP contribution in [0, 0.1) is 3.57 Å². The molecule has 0 unspecified atom stereocenters. The van der Waals surface area contributed by atoms with Crippen molar-refractivity contribution in [3.63, 3.8) is 0 Å². The van der Waals surface area contributed by atoms with Gasteiger partial charge in [-0.2, -0.15) is 15.0 Å². The molecule has 1 saturated heterocycles. The van der Waals surface area contributed by atoms with E-state index in [1.807, 2.05) is 24.3 Å². The van der Waals surface area contributed by atoms with Crippen molar-refractivity contribution < 1.29 is 0 Å².